The molecule has 0 fully saturated rings. The second-order valence-electron chi connectivity index (χ2n) is 2.52. The lowest BCUT2D eigenvalue weighted by Gasteiger charge is -2.05. The Kier molecular flexibility index (Phi) is 3.65. The molecule has 0 bridgehead atoms. The molecule has 0 saturated carbocycles. The van der Waals surface area contributed by atoms with Crippen molar-refractivity contribution < 1.29 is 9.84 Å². The first kappa shape index (κ1) is 9.93. The fourth-order valence-electron chi connectivity index (χ4n) is 1.05. The van der Waals surface area contributed by atoms with E-state index in [1.807, 2.05) is 12.1 Å². The molecule has 0 saturated heterocycles. The van der Waals surface area contributed by atoms with Gasteiger partial charge in [0.25, 0.3) is 0 Å². The van der Waals surface area contributed by atoms with Crippen LogP contribution in [0.2, 0.25) is 5.02 Å². The first-order valence-electron chi connectivity index (χ1n) is 3.90. The lowest BCUT2D eigenvalue weighted by molar-refractivity contribution is 0.414. The van der Waals surface area contributed by atoms with E-state index in [0.29, 0.717) is 17.2 Å². The summed E-state index contributed by atoms with van der Waals surface area (Å²) < 4.78 is 5.05. The monoisotopic (exact) mass is 198 g/mol. The topological polar surface area (TPSA) is 29.5 Å². The molecule has 1 rings (SSSR count). The molecule has 0 radical (unpaired) electrons. The number of ether oxygens (including phenoxy) is 1. The molecular weight excluding hydrogens is 188 g/mol. The molecule has 0 heterocycles. The first-order valence-corrected chi connectivity index (χ1v) is 4.28. The van der Waals surface area contributed by atoms with Gasteiger partial charge >= 0.3 is 0 Å². The van der Waals surface area contributed by atoms with Crippen molar-refractivity contribution in [2.75, 3.05) is 7.11 Å². The van der Waals surface area contributed by atoms with Gasteiger partial charge in [0.05, 0.1) is 18.4 Å². The van der Waals surface area contributed by atoms with E-state index in [2.05, 4.69) is 0 Å². The molecule has 1 aromatic carbocycles. The molecule has 0 spiro atoms. The second-order valence-corrected chi connectivity index (χ2v) is 2.90. The van der Waals surface area contributed by atoms with Crippen molar-refractivity contribution in [1.82, 2.24) is 0 Å². The predicted molar refractivity (Wildman–Crippen MR) is 53.5 cm³/mol. The van der Waals surface area contributed by atoms with Crippen molar-refractivity contribution in [1.29, 1.82) is 0 Å². The first-order chi connectivity index (χ1) is 6.29. The van der Waals surface area contributed by atoms with E-state index in [4.69, 9.17) is 21.4 Å². The molecule has 0 amide bonds. The largest absolute Gasteiger partial charge is 0.516 e. The molecule has 0 aliphatic heterocycles. The number of hydrogen-bond acceptors (Lipinski definition) is 2. The SMILES string of the molecule is COc1cccc(CC=CO)c1Cl. The third-order valence-electron chi connectivity index (χ3n) is 1.71. The summed E-state index contributed by atoms with van der Waals surface area (Å²) in [5.74, 6) is 0.658. The summed E-state index contributed by atoms with van der Waals surface area (Å²) in [6.45, 7) is 0. The zero-order valence-corrected chi connectivity index (χ0v) is 8.08. The zero-order valence-electron chi connectivity index (χ0n) is 7.33. The Balaban J connectivity index is 2.94. The average molecular weight is 199 g/mol. The van der Waals surface area contributed by atoms with Gasteiger partial charge < -0.3 is 9.84 Å². The van der Waals surface area contributed by atoms with Crippen LogP contribution in [0.25, 0.3) is 0 Å². The van der Waals surface area contributed by atoms with Crippen LogP contribution in [0, 0.1) is 0 Å². The molecule has 13 heavy (non-hydrogen) atoms. The molecule has 0 unspecified atom stereocenters. The van der Waals surface area contributed by atoms with E-state index >= 15 is 0 Å². The van der Waals surface area contributed by atoms with Crippen LogP contribution in [-0.2, 0) is 6.42 Å². The molecule has 70 valence electrons. The van der Waals surface area contributed by atoms with Crippen LogP contribution < -0.4 is 4.74 Å². The van der Waals surface area contributed by atoms with Crippen LogP contribution in [0.3, 0.4) is 0 Å². The highest BCUT2D eigenvalue weighted by Gasteiger charge is 2.03. The summed E-state index contributed by atoms with van der Waals surface area (Å²) in [5.41, 5.74) is 0.936. The quantitative estimate of drug-likeness (QED) is 0.757. The van der Waals surface area contributed by atoms with Gasteiger partial charge in [0.1, 0.15) is 5.75 Å². The normalized spacial score (nSPS) is 10.6. The van der Waals surface area contributed by atoms with Crippen molar-refractivity contribution in [2.24, 2.45) is 0 Å². The minimum atomic E-state index is 0.600. The van der Waals surface area contributed by atoms with E-state index in [1.165, 1.54) is 0 Å². The van der Waals surface area contributed by atoms with Gasteiger partial charge in [-0.05, 0) is 24.1 Å². The molecule has 2 nitrogen and oxygen atoms in total. The molecule has 0 aliphatic carbocycles. The van der Waals surface area contributed by atoms with Crippen molar-refractivity contribution in [2.45, 2.75) is 6.42 Å². The predicted octanol–water partition coefficient (Wildman–Crippen LogP) is 2.96. The Hall–Kier alpha value is -1.15. The van der Waals surface area contributed by atoms with Gasteiger partial charge in [-0.3, -0.25) is 0 Å². The third kappa shape index (κ3) is 2.39. The van der Waals surface area contributed by atoms with Gasteiger partial charge in [-0.15, -0.1) is 0 Å². The maximum absolute atomic E-state index is 8.49. The van der Waals surface area contributed by atoms with E-state index in [0.717, 1.165) is 11.8 Å². The van der Waals surface area contributed by atoms with Gasteiger partial charge in [0.15, 0.2) is 0 Å². The Morgan fingerprint density at radius 1 is 1.54 bits per heavy atom. The van der Waals surface area contributed by atoms with Crippen LogP contribution in [0.15, 0.2) is 30.5 Å². The number of allylic oxidation sites excluding steroid dienone is 1. The van der Waals surface area contributed by atoms with Crippen LogP contribution in [0.1, 0.15) is 5.56 Å². The molecule has 3 heteroatoms. The number of aliphatic hydroxyl groups excluding tert-OH is 1. The average Bonchev–Trinajstić information content (AvgIpc) is 2.16. The second kappa shape index (κ2) is 4.77. The number of rotatable bonds is 3. The molecule has 0 atom stereocenters. The number of benzene rings is 1. The molecule has 1 aromatic rings. The van der Waals surface area contributed by atoms with E-state index in [9.17, 15) is 0 Å². The Morgan fingerprint density at radius 3 is 2.92 bits per heavy atom. The maximum Gasteiger partial charge on any atom is 0.137 e. The number of hydrogen-bond donors (Lipinski definition) is 1. The van der Waals surface area contributed by atoms with Crippen molar-refractivity contribution in [3.05, 3.63) is 41.1 Å². The summed E-state index contributed by atoms with van der Waals surface area (Å²) in [4.78, 5) is 0. The summed E-state index contributed by atoms with van der Waals surface area (Å²) in [6, 6.07) is 5.56. The minimum Gasteiger partial charge on any atom is -0.516 e. The zero-order chi connectivity index (χ0) is 9.68. The van der Waals surface area contributed by atoms with Gasteiger partial charge in [0.2, 0.25) is 0 Å². The highest BCUT2D eigenvalue weighted by Crippen LogP contribution is 2.27. The summed E-state index contributed by atoms with van der Waals surface area (Å²) in [7, 11) is 1.58. The fourth-order valence-corrected chi connectivity index (χ4v) is 1.33. The van der Waals surface area contributed by atoms with Gasteiger partial charge in [-0.25, -0.2) is 0 Å². The lowest BCUT2D eigenvalue weighted by Crippen LogP contribution is -1.88. The molecular formula is C10H11ClO2. The Morgan fingerprint density at radius 2 is 2.31 bits per heavy atom. The minimum absolute atomic E-state index is 0.600. The lowest BCUT2D eigenvalue weighted by atomic mass is 10.1. The van der Waals surface area contributed by atoms with Gasteiger partial charge in [-0.1, -0.05) is 23.7 Å². The number of halogens is 1. The Labute approximate surface area is 82.4 Å². The third-order valence-corrected chi connectivity index (χ3v) is 2.14. The van der Waals surface area contributed by atoms with Crippen molar-refractivity contribution >= 4 is 11.6 Å². The smallest absolute Gasteiger partial charge is 0.137 e. The summed E-state index contributed by atoms with van der Waals surface area (Å²) in [5, 5.41) is 9.09. The molecule has 0 aliphatic rings. The van der Waals surface area contributed by atoms with Crippen LogP contribution in [-0.4, -0.2) is 12.2 Å². The highest BCUT2D eigenvalue weighted by molar-refractivity contribution is 6.32. The summed E-state index contributed by atoms with van der Waals surface area (Å²) >= 11 is 6.00. The van der Waals surface area contributed by atoms with E-state index < -0.39 is 0 Å². The summed E-state index contributed by atoms with van der Waals surface area (Å²) in [6.07, 6.45) is 3.24. The standard InChI is InChI=1S/C10H11ClO2/c1-13-9-6-2-4-8(10(9)11)5-3-7-12/h2-4,6-7,12H,5H2,1H3. The molecule has 1 N–H and O–H groups in total. The molecule has 0 aromatic heterocycles. The highest BCUT2D eigenvalue weighted by atomic mass is 35.5. The van der Waals surface area contributed by atoms with Crippen molar-refractivity contribution in [3.8, 4) is 5.75 Å². The van der Waals surface area contributed by atoms with Gasteiger partial charge in [0, 0.05) is 0 Å². The van der Waals surface area contributed by atoms with E-state index in [1.54, 1.807) is 19.3 Å². The van der Waals surface area contributed by atoms with E-state index in [-0.39, 0.29) is 0 Å². The Bertz CT molecular complexity index is 308. The number of methoxy groups -OCH3 is 1. The van der Waals surface area contributed by atoms with Gasteiger partial charge in [-0.2, -0.15) is 0 Å². The van der Waals surface area contributed by atoms with Crippen LogP contribution in [0.5, 0.6) is 5.75 Å². The maximum atomic E-state index is 8.49. The fraction of sp³-hybridized carbons (Fsp3) is 0.200. The van der Waals surface area contributed by atoms with Crippen molar-refractivity contribution in [3.63, 3.8) is 0 Å². The number of aliphatic hydroxyl groups is 1. The van der Waals surface area contributed by atoms with Crippen LogP contribution >= 0.6 is 11.6 Å². The van der Waals surface area contributed by atoms with Crippen LogP contribution in [0.4, 0.5) is 0 Å².